The first-order valence-electron chi connectivity index (χ1n) is 5.37. The first-order valence-corrected chi connectivity index (χ1v) is 5.37. The van der Waals surface area contributed by atoms with Crippen LogP contribution in [0, 0.1) is 0 Å². The molecule has 0 amide bonds. The number of ether oxygens (including phenoxy) is 3. The van der Waals surface area contributed by atoms with Crippen molar-refractivity contribution in [3.8, 4) is 5.75 Å². The third-order valence-electron chi connectivity index (χ3n) is 1.92. The zero-order chi connectivity index (χ0) is 13.5. The van der Waals surface area contributed by atoms with E-state index in [0.29, 0.717) is 0 Å². The Hall–Kier alpha value is -2.24. The number of benzene rings is 1. The maximum absolute atomic E-state index is 11.6. The van der Waals surface area contributed by atoms with Gasteiger partial charge in [0.1, 0.15) is 11.3 Å². The molecule has 0 aliphatic heterocycles. The Morgan fingerprint density at radius 1 is 1.28 bits per heavy atom. The van der Waals surface area contributed by atoms with Crippen LogP contribution in [-0.2, 0) is 14.2 Å². The Bertz CT molecular complexity index is 428. The molecular weight excluding hydrogens is 240 g/mol. The zero-order valence-corrected chi connectivity index (χ0v) is 10.1. The molecule has 6 heteroatoms. The minimum Gasteiger partial charge on any atom is -0.507 e. The molecule has 1 rings (SSSR count). The van der Waals surface area contributed by atoms with Gasteiger partial charge in [-0.3, -0.25) is 0 Å². The van der Waals surface area contributed by atoms with Crippen molar-refractivity contribution in [2.75, 3.05) is 6.61 Å². The molecule has 0 bridgehead atoms. The van der Waals surface area contributed by atoms with Crippen LogP contribution >= 0.6 is 0 Å². The van der Waals surface area contributed by atoms with Gasteiger partial charge in [-0.05, 0) is 19.1 Å². The van der Waals surface area contributed by atoms with Crippen LogP contribution in [0.2, 0.25) is 0 Å². The molecule has 0 spiro atoms. The van der Waals surface area contributed by atoms with Crippen molar-refractivity contribution < 1.29 is 28.9 Å². The molecule has 0 fully saturated rings. The summed E-state index contributed by atoms with van der Waals surface area (Å²) >= 11 is 0. The monoisotopic (exact) mass is 254 g/mol. The van der Waals surface area contributed by atoms with Gasteiger partial charge >= 0.3 is 12.1 Å². The van der Waals surface area contributed by atoms with Gasteiger partial charge in [0.05, 0.1) is 6.61 Å². The maximum Gasteiger partial charge on any atom is 0.511 e. The van der Waals surface area contributed by atoms with Crippen molar-refractivity contribution in [2.45, 2.75) is 20.1 Å². The summed E-state index contributed by atoms with van der Waals surface area (Å²) in [5, 5.41) is 9.43. The van der Waals surface area contributed by atoms with E-state index in [4.69, 9.17) is 4.74 Å². The van der Waals surface area contributed by atoms with E-state index in [2.05, 4.69) is 9.47 Å². The normalized spacial score (nSPS) is 11.4. The maximum atomic E-state index is 11.6. The fourth-order valence-electron chi connectivity index (χ4n) is 1.17. The highest BCUT2D eigenvalue weighted by atomic mass is 16.8. The average Bonchev–Trinajstić information content (AvgIpc) is 2.29. The number of hydrogen-bond acceptors (Lipinski definition) is 6. The summed E-state index contributed by atoms with van der Waals surface area (Å²) in [5.74, 6) is -0.990. The topological polar surface area (TPSA) is 82.1 Å². The standard InChI is InChI=1S/C12H14O6/c1-3-16-12(15)18-8(2)17-11(14)9-6-4-5-7-10(9)13/h4-8,13H,3H2,1-2H3. The van der Waals surface area contributed by atoms with Gasteiger partial charge in [-0.15, -0.1) is 0 Å². The minimum absolute atomic E-state index is 0.00295. The van der Waals surface area contributed by atoms with Gasteiger partial charge in [0.2, 0.25) is 6.29 Å². The number of esters is 1. The number of phenolic OH excluding ortho intramolecular Hbond substituents is 1. The smallest absolute Gasteiger partial charge is 0.507 e. The Labute approximate surface area is 104 Å². The molecule has 1 aromatic rings. The van der Waals surface area contributed by atoms with Gasteiger partial charge in [0.15, 0.2) is 0 Å². The van der Waals surface area contributed by atoms with Crippen molar-refractivity contribution in [3.63, 3.8) is 0 Å². The number of carbonyl (C=O) groups excluding carboxylic acids is 2. The number of phenols is 1. The summed E-state index contributed by atoms with van der Waals surface area (Å²) in [5.41, 5.74) is -0.00295. The van der Waals surface area contributed by atoms with Crippen LogP contribution in [0.1, 0.15) is 24.2 Å². The lowest BCUT2D eigenvalue weighted by atomic mass is 10.2. The van der Waals surface area contributed by atoms with Gasteiger partial charge in [-0.25, -0.2) is 9.59 Å². The largest absolute Gasteiger partial charge is 0.511 e. The van der Waals surface area contributed by atoms with Crippen molar-refractivity contribution >= 4 is 12.1 Å². The number of aromatic hydroxyl groups is 1. The van der Waals surface area contributed by atoms with Crippen LogP contribution in [0.3, 0.4) is 0 Å². The molecule has 1 aromatic carbocycles. The second kappa shape index (κ2) is 6.48. The van der Waals surface area contributed by atoms with E-state index < -0.39 is 18.4 Å². The first-order chi connectivity index (χ1) is 8.54. The Morgan fingerprint density at radius 2 is 1.94 bits per heavy atom. The lowest BCUT2D eigenvalue weighted by Crippen LogP contribution is -2.22. The molecule has 0 saturated carbocycles. The van der Waals surface area contributed by atoms with Crippen molar-refractivity contribution in [3.05, 3.63) is 29.8 Å². The van der Waals surface area contributed by atoms with Crippen molar-refractivity contribution in [2.24, 2.45) is 0 Å². The molecule has 1 unspecified atom stereocenters. The minimum atomic E-state index is -1.10. The zero-order valence-electron chi connectivity index (χ0n) is 10.1. The molecule has 1 atom stereocenters. The van der Waals surface area contributed by atoms with E-state index in [1.165, 1.54) is 19.1 Å². The Morgan fingerprint density at radius 3 is 2.56 bits per heavy atom. The number of carbonyl (C=O) groups is 2. The van der Waals surface area contributed by atoms with Crippen LogP contribution < -0.4 is 0 Å². The van der Waals surface area contributed by atoms with Crippen LogP contribution in [0.4, 0.5) is 4.79 Å². The van der Waals surface area contributed by atoms with E-state index in [0.717, 1.165) is 0 Å². The third kappa shape index (κ3) is 3.97. The highest BCUT2D eigenvalue weighted by Crippen LogP contribution is 2.17. The van der Waals surface area contributed by atoms with E-state index in [9.17, 15) is 14.7 Å². The van der Waals surface area contributed by atoms with Crippen LogP contribution in [0.5, 0.6) is 5.75 Å². The lowest BCUT2D eigenvalue weighted by Gasteiger charge is -2.13. The van der Waals surface area contributed by atoms with Gasteiger partial charge in [0, 0.05) is 6.92 Å². The third-order valence-corrected chi connectivity index (χ3v) is 1.92. The van der Waals surface area contributed by atoms with Crippen LogP contribution in [0.25, 0.3) is 0 Å². The molecular formula is C12H14O6. The molecule has 0 aliphatic carbocycles. The summed E-state index contributed by atoms with van der Waals surface area (Å²) in [6.45, 7) is 3.16. The SMILES string of the molecule is CCOC(=O)OC(C)OC(=O)c1ccccc1O. The van der Waals surface area contributed by atoms with Crippen molar-refractivity contribution in [1.82, 2.24) is 0 Å². The molecule has 0 aliphatic rings. The van der Waals surface area contributed by atoms with Gasteiger partial charge in [-0.2, -0.15) is 0 Å². The van der Waals surface area contributed by atoms with E-state index in [1.807, 2.05) is 0 Å². The molecule has 0 saturated heterocycles. The predicted molar refractivity (Wildman–Crippen MR) is 61.1 cm³/mol. The van der Waals surface area contributed by atoms with E-state index in [1.54, 1.807) is 19.1 Å². The summed E-state index contributed by atoms with van der Waals surface area (Å²) in [4.78, 5) is 22.6. The number of hydrogen-bond donors (Lipinski definition) is 1. The molecule has 18 heavy (non-hydrogen) atoms. The lowest BCUT2D eigenvalue weighted by molar-refractivity contribution is -0.0812. The summed E-state index contributed by atoms with van der Waals surface area (Å²) in [7, 11) is 0. The highest BCUT2D eigenvalue weighted by molar-refractivity contribution is 5.92. The quantitative estimate of drug-likeness (QED) is 0.654. The number of rotatable bonds is 4. The van der Waals surface area contributed by atoms with Crippen LogP contribution in [0.15, 0.2) is 24.3 Å². The number of para-hydroxylation sites is 1. The fraction of sp³-hybridized carbons (Fsp3) is 0.333. The molecule has 1 N–H and O–H groups in total. The molecule has 6 nitrogen and oxygen atoms in total. The Balaban J connectivity index is 2.55. The second-order valence-corrected chi connectivity index (χ2v) is 3.29. The Kier molecular flexibility index (Phi) is 4.98. The second-order valence-electron chi connectivity index (χ2n) is 3.29. The molecule has 98 valence electrons. The summed E-state index contributed by atoms with van der Waals surface area (Å²) < 4.78 is 14.0. The van der Waals surface area contributed by atoms with Gasteiger partial charge in [-0.1, -0.05) is 12.1 Å². The summed E-state index contributed by atoms with van der Waals surface area (Å²) in [6, 6.07) is 5.90. The average molecular weight is 254 g/mol. The van der Waals surface area contributed by atoms with Crippen molar-refractivity contribution in [1.29, 1.82) is 0 Å². The summed E-state index contributed by atoms with van der Waals surface area (Å²) in [6.07, 6.45) is -2.02. The van der Waals surface area contributed by atoms with E-state index >= 15 is 0 Å². The first kappa shape index (κ1) is 13.8. The van der Waals surface area contributed by atoms with E-state index in [-0.39, 0.29) is 17.9 Å². The van der Waals surface area contributed by atoms with Gasteiger partial charge < -0.3 is 19.3 Å². The predicted octanol–water partition coefficient (Wildman–Crippen LogP) is 2.07. The highest BCUT2D eigenvalue weighted by Gasteiger charge is 2.18. The van der Waals surface area contributed by atoms with Gasteiger partial charge in [0.25, 0.3) is 0 Å². The fourth-order valence-corrected chi connectivity index (χ4v) is 1.17. The van der Waals surface area contributed by atoms with Crippen LogP contribution in [-0.4, -0.2) is 30.1 Å². The molecule has 0 aromatic heterocycles. The molecule has 0 heterocycles. The molecule has 0 radical (unpaired) electrons.